The second-order valence-electron chi connectivity index (χ2n) is 5.77. The Kier molecular flexibility index (Phi) is 3.97. The molecule has 0 aromatic carbocycles. The predicted molar refractivity (Wildman–Crippen MR) is 75.9 cm³/mol. The summed E-state index contributed by atoms with van der Waals surface area (Å²) in [5.74, 6) is -0.0964. The molecule has 1 N–H and O–H groups in total. The topological polar surface area (TPSA) is 92.6 Å². The summed E-state index contributed by atoms with van der Waals surface area (Å²) in [4.78, 5) is 26.9. The van der Waals surface area contributed by atoms with E-state index in [1.54, 1.807) is 25.2 Å². The van der Waals surface area contributed by atoms with Gasteiger partial charge in [0, 0.05) is 27.2 Å². The van der Waals surface area contributed by atoms with Crippen molar-refractivity contribution in [2.24, 2.45) is 0 Å². The van der Waals surface area contributed by atoms with E-state index in [0.717, 1.165) is 12.1 Å². The zero-order valence-corrected chi connectivity index (χ0v) is 12.7. The van der Waals surface area contributed by atoms with Gasteiger partial charge in [0.2, 0.25) is 5.91 Å². The maximum Gasteiger partial charge on any atom is 0.317 e. The van der Waals surface area contributed by atoms with Gasteiger partial charge in [-0.1, -0.05) is 5.21 Å². The molecule has 0 unspecified atom stereocenters. The van der Waals surface area contributed by atoms with Crippen molar-refractivity contribution in [2.45, 2.75) is 25.2 Å². The van der Waals surface area contributed by atoms with E-state index in [9.17, 15) is 9.59 Å². The maximum absolute atomic E-state index is 12.3. The van der Waals surface area contributed by atoms with Gasteiger partial charge < -0.3 is 19.9 Å². The van der Waals surface area contributed by atoms with Crippen LogP contribution in [0.1, 0.15) is 18.2 Å². The van der Waals surface area contributed by atoms with Gasteiger partial charge in [-0.05, 0) is 6.42 Å². The van der Waals surface area contributed by atoms with E-state index in [2.05, 4.69) is 15.6 Å². The Hall–Kier alpha value is -2.16. The molecule has 0 bridgehead atoms. The fraction of sp³-hybridized carbons (Fsp3) is 0.692. The molecule has 1 aromatic heterocycles. The molecule has 0 aliphatic carbocycles. The third-order valence-electron chi connectivity index (χ3n) is 4.08. The summed E-state index contributed by atoms with van der Waals surface area (Å²) in [5.41, 5.74) is 0.927. The molecular weight excluding hydrogens is 288 g/mol. The van der Waals surface area contributed by atoms with Gasteiger partial charge in [0.1, 0.15) is 0 Å². The van der Waals surface area contributed by atoms with Crippen molar-refractivity contribution >= 4 is 11.9 Å². The molecule has 0 radical (unpaired) electrons. The van der Waals surface area contributed by atoms with Crippen molar-refractivity contribution < 1.29 is 14.3 Å². The average Bonchev–Trinajstić information content (AvgIpc) is 3.00. The molecule has 1 saturated heterocycles. The van der Waals surface area contributed by atoms with Gasteiger partial charge in [-0.3, -0.25) is 4.79 Å². The summed E-state index contributed by atoms with van der Waals surface area (Å²) in [6.07, 6.45) is 2.51. The molecule has 3 rings (SSSR count). The van der Waals surface area contributed by atoms with Crippen LogP contribution in [-0.2, 0) is 16.1 Å². The number of aromatic nitrogens is 3. The molecule has 2 aliphatic rings. The van der Waals surface area contributed by atoms with E-state index >= 15 is 0 Å². The van der Waals surface area contributed by atoms with Crippen LogP contribution < -0.4 is 5.32 Å². The lowest BCUT2D eigenvalue weighted by Crippen LogP contribution is -2.52. The number of rotatable bonds is 2. The second kappa shape index (κ2) is 5.91. The van der Waals surface area contributed by atoms with E-state index in [1.165, 1.54) is 4.90 Å². The maximum atomic E-state index is 12.3. The van der Waals surface area contributed by atoms with Crippen LogP contribution in [0.4, 0.5) is 4.79 Å². The zero-order chi connectivity index (χ0) is 15.7. The van der Waals surface area contributed by atoms with Crippen molar-refractivity contribution in [1.82, 2.24) is 30.1 Å². The number of nitrogens with one attached hydrogen (secondary N) is 1. The van der Waals surface area contributed by atoms with Crippen molar-refractivity contribution in [1.29, 1.82) is 0 Å². The number of piperidine rings is 1. The minimum atomic E-state index is -0.275. The number of hydrogen-bond donors (Lipinski definition) is 1. The van der Waals surface area contributed by atoms with Gasteiger partial charge >= 0.3 is 6.03 Å². The number of ether oxygens (including phenoxy) is 1. The number of amides is 3. The molecule has 2 atom stereocenters. The molecule has 3 amide bonds. The molecule has 9 nitrogen and oxygen atoms in total. The number of hydrogen-bond acceptors (Lipinski definition) is 5. The van der Waals surface area contributed by atoms with Gasteiger partial charge in [0.15, 0.2) is 0 Å². The Labute approximate surface area is 128 Å². The number of urea groups is 1. The Morgan fingerprint density at radius 2 is 2.32 bits per heavy atom. The minimum absolute atomic E-state index is 0.000524. The number of likely N-dealkylation sites (tertiary alicyclic amines) is 1. The summed E-state index contributed by atoms with van der Waals surface area (Å²) in [7, 11) is 3.27. The summed E-state index contributed by atoms with van der Waals surface area (Å²) < 4.78 is 7.66. The first-order valence-corrected chi connectivity index (χ1v) is 7.30. The van der Waals surface area contributed by atoms with Crippen LogP contribution in [0.3, 0.4) is 0 Å². The van der Waals surface area contributed by atoms with Crippen LogP contribution in [-0.4, -0.2) is 76.6 Å². The summed E-state index contributed by atoms with van der Waals surface area (Å²) in [6.45, 7) is 1.67. The van der Waals surface area contributed by atoms with Crippen LogP contribution in [0.15, 0.2) is 6.20 Å². The lowest BCUT2D eigenvalue weighted by Gasteiger charge is -2.41. The van der Waals surface area contributed by atoms with E-state index in [1.807, 2.05) is 4.68 Å². The van der Waals surface area contributed by atoms with Crippen LogP contribution in [0.25, 0.3) is 0 Å². The van der Waals surface area contributed by atoms with Crippen LogP contribution in [0.5, 0.6) is 0 Å². The standard InChI is InChI=1S/C13H20N6O3/c1-17(2)13(21)14-6-12(20)18-4-3-11-10(7-18)19-9(8-22-11)5-15-16-19/h5,10-11H,3-4,6-8H2,1-2H3,(H,14,21)/t10-,11+/m1/s1. The molecule has 2 aliphatic heterocycles. The Morgan fingerprint density at radius 3 is 3.09 bits per heavy atom. The van der Waals surface area contributed by atoms with Crippen molar-refractivity contribution in [2.75, 3.05) is 33.7 Å². The highest BCUT2D eigenvalue weighted by Gasteiger charge is 2.37. The Morgan fingerprint density at radius 1 is 1.50 bits per heavy atom. The first kappa shape index (κ1) is 14.8. The van der Waals surface area contributed by atoms with Crippen LogP contribution in [0, 0.1) is 0 Å². The van der Waals surface area contributed by atoms with Crippen molar-refractivity contribution in [3.8, 4) is 0 Å². The van der Waals surface area contributed by atoms with E-state index in [4.69, 9.17) is 4.74 Å². The Balaban J connectivity index is 1.61. The molecule has 1 fully saturated rings. The fourth-order valence-electron chi connectivity index (χ4n) is 2.83. The molecule has 22 heavy (non-hydrogen) atoms. The van der Waals surface area contributed by atoms with E-state index in [0.29, 0.717) is 19.7 Å². The Bertz CT molecular complexity index is 572. The van der Waals surface area contributed by atoms with Gasteiger partial charge in [0.05, 0.1) is 37.2 Å². The normalized spacial score (nSPS) is 23.5. The van der Waals surface area contributed by atoms with Crippen LogP contribution in [0.2, 0.25) is 0 Å². The number of nitrogens with zero attached hydrogens (tertiary/aromatic N) is 5. The SMILES string of the molecule is CN(C)C(=O)NCC(=O)N1CC[C@@H]2OCc3cnnn3[C@@H]2C1. The molecule has 0 saturated carbocycles. The lowest BCUT2D eigenvalue weighted by molar-refractivity contribution is -0.136. The van der Waals surface area contributed by atoms with Crippen molar-refractivity contribution in [3.05, 3.63) is 11.9 Å². The fourth-order valence-corrected chi connectivity index (χ4v) is 2.83. The minimum Gasteiger partial charge on any atom is -0.370 e. The highest BCUT2D eigenvalue weighted by Crippen LogP contribution is 2.29. The molecule has 3 heterocycles. The second-order valence-corrected chi connectivity index (χ2v) is 5.77. The van der Waals surface area contributed by atoms with Crippen molar-refractivity contribution in [3.63, 3.8) is 0 Å². The van der Waals surface area contributed by atoms with Gasteiger partial charge in [-0.25, -0.2) is 9.48 Å². The smallest absolute Gasteiger partial charge is 0.317 e. The summed E-state index contributed by atoms with van der Waals surface area (Å²) >= 11 is 0. The molecule has 120 valence electrons. The van der Waals surface area contributed by atoms with Gasteiger partial charge in [0.25, 0.3) is 0 Å². The highest BCUT2D eigenvalue weighted by atomic mass is 16.5. The third-order valence-corrected chi connectivity index (χ3v) is 4.08. The predicted octanol–water partition coefficient (Wildman–Crippen LogP) is -0.778. The largest absolute Gasteiger partial charge is 0.370 e. The molecule has 1 aromatic rings. The molecule has 0 spiro atoms. The summed E-state index contributed by atoms with van der Waals surface area (Å²) in [5, 5.41) is 10.6. The third kappa shape index (κ3) is 2.76. The number of carbonyl (C=O) groups is 2. The first-order valence-electron chi connectivity index (χ1n) is 7.30. The average molecular weight is 308 g/mol. The monoisotopic (exact) mass is 308 g/mol. The van der Waals surface area contributed by atoms with E-state index in [-0.39, 0.29) is 30.6 Å². The first-order chi connectivity index (χ1) is 10.6. The van der Waals surface area contributed by atoms with E-state index < -0.39 is 0 Å². The van der Waals surface area contributed by atoms with Crippen LogP contribution >= 0.6 is 0 Å². The lowest BCUT2D eigenvalue weighted by atomic mass is 10.0. The van der Waals surface area contributed by atoms with Gasteiger partial charge in [-0.15, -0.1) is 5.10 Å². The number of carbonyl (C=O) groups excluding carboxylic acids is 2. The quantitative estimate of drug-likeness (QED) is 0.774. The number of fused-ring (bicyclic) bond motifs is 3. The highest BCUT2D eigenvalue weighted by molar-refractivity contribution is 5.83. The van der Waals surface area contributed by atoms with Gasteiger partial charge in [-0.2, -0.15) is 0 Å². The zero-order valence-electron chi connectivity index (χ0n) is 12.7. The molecule has 9 heteroatoms. The summed E-state index contributed by atoms with van der Waals surface area (Å²) in [6, 6.07) is -0.281. The molecular formula is C13H20N6O3.